The van der Waals surface area contributed by atoms with Gasteiger partial charge in [0.25, 0.3) is 0 Å². The van der Waals surface area contributed by atoms with Crippen molar-refractivity contribution in [2.75, 3.05) is 7.05 Å². The smallest absolute Gasteiger partial charge is 0.244 e. The predicted octanol–water partition coefficient (Wildman–Crippen LogP) is 1.51. The maximum Gasteiger partial charge on any atom is 0.244 e. The average molecular weight is 268 g/mol. The van der Waals surface area contributed by atoms with Crippen LogP contribution < -0.4 is 5.73 Å². The van der Waals surface area contributed by atoms with Gasteiger partial charge < -0.3 is 15.7 Å². The Kier molecular flexibility index (Phi) is 4.37. The molecule has 0 aliphatic heterocycles. The number of aliphatic hydroxyl groups is 1. The molecule has 0 radical (unpaired) electrons. The van der Waals surface area contributed by atoms with Crippen molar-refractivity contribution >= 4 is 17.2 Å². The molecule has 5 heteroatoms. The number of nitrogens with zero attached hydrogens (tertiary/aromatic N) is 1. The molecular formula is C13H20N2O2S. The summed E-state index contributed by atoms with van der Waals surface area (Å²) in [5.74, 6) is -0.108. The second kappa shape index (κ2) is 5.82. The number of nitrogens with two attached hydrogens (primary N) is 1. The van der Waals surface area contributed by atoms with Crippen molar-refractivity contribution in [3.05, 3.63) is 22.4 Å². The quantitative estimate of drug-likeness (QED) is 0.873. The zero-order valence-corrected chi connectivity index (χ0v) is 11.4. The summed E-state index contributed by atoms with van der Waals surface area (Å²) in [5, 5.41) is 11.9. The molecule has 1 aliphatic carbocycles. The van der Waals surface area contributed by atoms with Gasteiger partial charge in [-0.15, -0.1) is 11.3 Å². The van der Waals surface area contributed by atoms with Gasteiger partial charge in [-0.1, -0.05) is 18.9 Å². The van der Waals surface area contributed by atoms with Gasteiger partial charge in [0, 0.05) is 11.9 Å². The van der Waals surface area contributed by atoms with E-state index < -0.39 is 12.1 Å². The number of thiophene rings is 1. The van der Waals surface area contributed by atoms with E-state index in [-0.39, 0.29) is 11.9 Å². The highest BCUT2D eigenvalue weighted by Crippen LogP contribution is 2.25. The Morgan fingerprint density at radius 2 is 2.28 bits per heavy atom. The largest absolute Gasteiger partial charge is 0.391 e. The van der Waals surface area contributed by atoms with Crippen molar-refractivity contribution < 1.29 is 9.90 Å². The third-order valence-corrected chi connectivity index (χ3v) is 4.61. The van der Waals surface area contributed by atoms with Crippen LogP contribution in [0.4, 0.5) is 0 Å². The van der Waals surface area contributed by atoms with Crippen LogP contribution in [0.25, 0.3) is 0 Å². The maximum atomic E-state index is 12.3. The number of hydrogen-bond donors (Lipinski definition) is 2. The highest BCUT2D eigenvalue weighted by molar-refractivity contribution is 7.10. The van der Waals surface area contributed by atoms with Crippen molar-refractivity contribution in [2.24, 2.45) is 5.73 Å². The molecule has 1 aliphatic rings. The Bertz CT molecular complexity index is 394. The molecule has 0 aromatic carbocycles. The molecule has 1 amide bonds. The molecule has 0 spiro atoms. The predicted molar refractivity (Wildman–Crippen MR) is 72.3 cm³/mol. The summed E-state index contributed by atoms with van der Waals surface area (Å²) < 4.78 is 0. The summed E-state index contributed by atoms with van der Waals surface area (Å²) in [6.07, 6.45) is 3.32. The Morgan fingerprint density at radius 3 is 2.89 bits per heavy atom. The maximum absolute atomic E-state index is 12.3. The molecule has 1 aromatic heterocycles. The van der Waals surface area contributed by atoms with Crippen LogP contribution >= 0.6 is 11.3 Å². The van der Waals surface area contributed by atoms with Crippen LogP contribution in [0, 0.1) is 0 Å². The molecule has 1 heterocycles. The van der Waals surface area contributed by atoms with E-state index in [0.717, 1.165) is 30.6 Å². The first kappa shape index (κ1) is 13.5. The lowest BCUT2D eigenvalue weighted by Gasteiger charge is -2.36. The Hall–Kier alpha value is -0.910. The minimum atomic E-state index is -0.607. The summed E-state index contributed by atoms with van der Waals surface area (Å²) in [6.45, 7) is 0. The first-order valence-electron chi connectivity index (χ1n) is 6.35. The summed E-state index contributed by atoms with van der Waals surface area (Å²) >= 11 is 1.49. The van der Waals surface area contributed by atoms with Crippen molar-refractivity contribution in [2.45, 2.75) is 43.9 Å². The van der Waals surface area contributed by atoms with E-state index in [1.807, 2.05) is 17.5 Å². The minimum Gasteiger partial charge on any atom is -0.391 e. The fourth-order valence-electron chi connectivity index (χ4n) is 2.52. The van der Waals surface area contributed by atoms with E-state index in [1.165, 1.54) is 11.3 Å². The molecule has 1 aromatic rings. The van der Waals surface area contributed by atoms with Gasteiger partial charge in [-0.05, 0) is 24.3 Å². The Morgan fingerprint density at radius 1 is 1.56 bits per heavy atom. The minimum absolute atomic E-state index is 0.0859. The van der Waals surface area contributed by atoms with Gasteiger partial charge >= 0.3 is 0 Å². The van der Waals surface area contributed by atoms with Crippen LogP contribution in [-0.2, 0) is 4.79 Å². The number of rotatable bonds is 3. The highest BCUT2D eigenvalue weighted by Gasteiger charge is 2.32. The lowest BCUT2D eigenvalue weighted by molar-refractivity contribution is -0.136. The van der Waals surface area contributed by atoms with Gasteiger partial charge in [-0.3, -0.25) is 4.79 Å². The molecule has 0 bridgehead atoms. The second-order valence-electron chi connectivity index (χ2n) is 4.86. The van der Waals surface area contributed by atoms with Crippen LogP contribution in [0.15, 0.2) is 17.5 Å². The average Bonchev–Trinajstić information content (AvgIpc) is 2.90. The fraction of sp³-hybridized carbons (Fsp3) is 0.615. The SMILES string of the molecule is CN(C(=O)C(N)c1cccs1)C1CCCCC1O. The second-order valence-corrected chi connectivity index (χ2v) is 5.84. The van der Waals surface area contributed by atoms with E-state index in [0.29, 0.717) is 0 Å². The van der Waals surface area contributed by atoms with Crippen LogP contribution in [-0.4, -0.2) is 35.1 Å². The van der Waals surface area contributed by atoms with Gasteiger partial charge in [0.05, 0.1) is 12.1 Å². The van der Waals surface area contributed by atoms with Crippen molar-refractivity contribution in [1.29, 1.82) is 0 Å². The molecular weight excluding hydrogens is 248 g/mol. The van der Waals surface area contributed by atoms with Crippen LogP contribution in [0.5, 0.6) is 0 Å². The van der Waals surface area contributed by atoms with Gasteiger partial charge in [0.15, 0.2) is 0 Å². The lowest BCUT2D eigenvalue weighted by atomic mass is 9.91. The molecule has 1 saturated carbocycles. The Labute approximate surface area is 111 Å². The van der Waals surface area contributed by atoms with E-state index in [4.69, 9.17) is 5.73 Å². The molecule has 3 N–H and O–H groups in total. The van der Waals surface area contributed by atoms with E-state index in [1.54, 1.807) is 11.9 Å². The number of carbonyl (C=O) groups excluding carboxylic acids is 1. The Balaban J connectivity index is 2.03. The van der Waals surface area contributed by atoms with Crippen LogP contribution in [0.3, 0.4) is 0 Å². The number of likely N-dealkylation sites (N-methyl/N-ethyl adjacent to an activating group) is 1. The zero-order valence-electron chi connectivity index (χ0n) is 10.6. The van der Waals surface area contributed by atoms with Crippen molar-refractivity contribution in [3.63, 3.8) is 0 Å². The van der Waals surface area contributed by atoms with Gasteiger partial charge in [-0.2, -0.15) is 0 Å². The monoisotopic (exact) mass is 268 g/mol. The molecule has 100 valence electrons. The van der Waals surface area contributed by atoms with Gasteiger partial charge in [-0.25, -0.2) is 0 Å². The van der Waals surface area contributed by atoms with Crippen LogP contribution in [0.1, 0.15) is 36.6 Å². The molecule has 18 heavy (non-hydrogen) atoms. The van der Waals surface area contributed by atoms with Crippen LogP contribution in [0.2, 0.25) is 0 Å². The number of hydrogen-bond acceptors (Lipinski definition) is 4. The topological polar surface area (TPSA) is 66.6 Å². The molecule has 4 nitrogen and oxygen atoms in total. The molecule has 3 atom stereocenters. The summed E-state index contributed by atoms with van der Waals surface area (Å²) in [7, 11) is 1.75. The number of amides is 1. The summed E-state index contributed by atoms with van der Waals surface area (Å²) in [5.41, 5.74) is 5.97. The number of carbonyl (C=O) groups is 1. The fourth-order valence-corrected chi connectivity index (χ4v) is 3.24. The van der Waals surface area contributed by atoms with E-state index >= 15 is 0 Å². The van der Waals surface area contributed by atoms with Crippen molar-refractivity contribution in [1.82, 2.24) is 4.90 Å². The van der Waals surface area contributed by atoms with Gasteiger partial charge in [0.2, 0.25) is 5.91 Å². The first-order chi connectivity index (χ1) is 8.61. The standard InChI is InChI=1S/C13H20N2O2S/c1-15(9-5-2-3-6-10(9)16)13(17)12(14)11-7-4-8-18-11/h4,7-10,12,16H,2-3,5-6,14H2,1H3. The molecule has 2 rings (SSSR count). The van der Waals surface area contributed by atoms with E-state index in [9.17, 15) is 9.90 Å². The van der Waals surface area contributed by atoms with Crippen molar-refractivity contribution in [3.8, 4) is 0 Å². The zero-order chi connectivity index (χ0) is 13.1. The summed E-state index contributed by atoms with van der Waals surface area (Å²) in [4.78, 5) is 14.8. The molecule has 3 unspecified atom stereocenters. The third kappa shape index (κ3) is 2.74. The highest BCUT2D eigenvalue weighted by atomic mass is 32.1. The van der Waals surface area contributed by atoms with Gasteiger partial charge in [0.1, 0.15) is 6.04 Å². The summed E-state index contributed by atoms with van der Waals surface area (Å²) in [6, 6.07) is 3.07. The number of aliphatic hydroxyl groups excluding tert-OH is 1. The molecule has 1 fully saturated rings. The lowest BCUT2D eigenvalue weighted by Crippen LogP contribution is -2.49. The first-order valence-corrected chi connectivity index (χ1v) is 7.23. The third-order valence-electron chi connectivity index (χ3n) is 3.65. The molecule has 0 saturated heterocycles. The normalized spacial score (nSPS) is 25.7. The van der Waals surface area contributed by atoms with E-state index in [2.05, 4.69) is 0 Å².